The van der Waals surface area contributed by atoms with E-state index in [1.165, 1.54) is 41.4 Å². The second kappa shape index (κ2) is 5.81. The number of aromatic nitrogens is 1. The number of hydrogen-bond acceptors (Lipinski definition) is 2. The van der Waals surface area contributed by atoms with Gasteiger partial charge in [0.05, 0.1) is 6.26 Å². The molecule has 2 atom stereocenters. The van der Waals surface area contributed by atoms with Gasteiger partial charge in [-0.25, -0.2) is 0 Å². The average molecular weight is 296 g/mol. The Morgan fingerprint density at radius 2 is 2.27 bits per heavy atom. The first-order valence-electron chi connectivity index (χ1n) is 8.42. The van der Waals surface area contributed by atoms with Gasteiger partial charge in [-0.1, -0.05) is 6.07 Å². The topological polar surface area (TPSA) is 28.3 Å². The molecule has 0 saturated carbocycles. The molecule has 3 heteroatoms. The second-order valence-corrected chi connectivity index (χ2v) is 6.67. The van der Waals surface area contributed by atoms with Gasteiger partial charge in [0.25, 0.3) is 0 Å². The molecule has 1 aromatic heterocycles. The van der Waals surface area contributed by atoms with Crippen molar-refractivity contribution >= 4 is 10.9 Å². The van der Waals surface area contributed by atoms with Gasteiger partial charge in [-0.15, -0.1) is 0 Å². The number of likely N-dealkylation sites (tertiary alicyclic amines) is 1. The van der Waals surface area contributed by atoms with Crippen LogP contribution >= 0.6 is 0 Å². The zero-order chi connectivity index (χ0) is 14.9. The highest BCUT2D eigenvalue weighted by atomic mass is 16.5. The van der Waals surface area contributed by atoms with Gasteiger partial charge in [-0.3, -0.25) is 0 Å². The first-order valence-corrected chi connectivity index (χ1v) is 8.42. The maximum absolute atomic E-state index is 5.78. The SMILES string of the molecule is CN1CCC[C@@H]1Cc1c[nH]c2ccc(C3CCC=CO3)cc12. The van der Waals surface area contributed by atoms with Gasteiger partial charge in [0.15, 0.2) is 0 Å². The first kappa shape index (κ1) is 13.9. The van der Waals surface area contributed by atoms with Gasteiger partial charge in [-0.2, -0.15) is 0 Å². The van der Waals surface area contributed by atoms with Gasteiger partial charge in [-0.05, 0) is 75.0 Å². The Morgan fingerprint density at radius 3 is 3.05 bits per heavy atom. The number of likely N-dealkylation sites (N-methyl/N-ethyl adjacent to an activating group) is 1. The van der Waals surface area contributed by atoms with E-state index in [9.17, 15) is 0 Å². The summed E-state index contributed by atoms with van der Waals surface area (Å²) in [5.41, 5.74) is 3.99. The zero-order valence-corrected chi connectivity index (χ0v) is 13.2. The third-order valence-corrected chi connectivity index (χ3v) is 5.22. The van der Waals surface area contributed by atoms with E-state index in [1.54, 1.807) is 0 Å². The minimum Gasteiger partial charge on any atom is -0.494 e. The van der Waals surface area contributed by atoms with Crippen molar-refractivity contribution in [3.63, 3.8) is 0 Å². The van der Waals surface area contributed by atoms with Crippen LogP contribution in [0, 0.1) is 0 Å². The Kier molecular flexibility index (Phi) is 3.67. The molecule has 1 fully saturated rings. The number of aromatic amines is 1. The summed E-state index contributed by atoms with van der Waals surface area (Å²) in [6, 6.07) is 7.43. The number of H-pyrrole nitrogens is 1. The molecular weight excluding hydrogens is 272 g/mol. The van der Waals surface area contributed by atoms with Gasteiger partial charge >= 0.3 is 0 Å². The molecule has 1 saturated heterocycles. The standard InChI is InChI=1S/C19H24N2O/c1-21-9-4-5-16(21)11-15-13-20-18-8-7-14(12-17(15)18)19-6-2-3-10-22-19/h3,7-8,10,12-13,16,19-20H,2,4-6,9,11H2,1H3/t16-,19?/m1/s1. The van der Waals surface area contributed by atoms with Crippen LogP contribution in [0.15, 0.2) is 36.7 Å². The third kappa shape index (κ3) is 2.54. The number of fused-ring (bicyclic) bond motifs is 1. The van der Waals surface area contributed by atoms with Gasteiger partial charge in [0.1, 0.15) is 6.10 Å². The molecule has 2 aliphatic heterocycles. The van der Waals surface area contributed by atoms with Crippen molar-refractivity contribution in [1.82, 2.24) is 9.88 Å². The van der Waals surface area contributed by atoms with Crippen LogP contribution in [0.2, 0.25) is 0 Å². The number of benzene rings is 1. The lowest BCUT2D eigenvalue weighted by atomic mass is 9.98. The fraction of sp³-hybridized carbons (Fsp3) is 0.474. The molecule has 4 rings (SSSR count). The van der Waals surface area contributed by atoms with Crippen LogP contribution in [0.4, 0.5) is 0 Å². The molecule has 116 valence electrons. The summed E-state index contributed by atoms with van der Waals surface area (Å²) in [4.78, 5) is 5.93. The summed E-state index contributed by atoms with van der Waals surface area (Å²) in [5, 5.41) is 1.37. The van der Waals surface area contributed by atoms with Crippen molar-refractivity contribution in [2.24, 2.45) is 0 Å². The Balaban J connectivity index is 1.63. The summed E-state index contributed by atoms with van der Waals surface area (Å²) >= 11 is 0. The molecule has 3 heterocycles. The second-order valence-electron chi connectivity index (χ2n) is 6.67. The van der Waals surface area contributed by atoms with E-state index < -0.39 is 0 Å². The summed E-state index contributed by atoms with van der Waals surface area (Å²) < 4.78 is 5.78. The minimum absolute atomic E-state index is 0.214. The van der Waals surface area contributed by atoms with Crippen LogP contribution in [0.3, 0.4) is 0 Å². The number of hydrogen-bond donors (Lipinski definition) is 1. The molecular formula is C19H24N2O. The number of allylic oxidation sites excluding steroid dienone is 1. The van der Waals surface area contributed by atoms with E-state index in [1.807, 2.05) is 6.26 Å². The largest absolute Gasteiger partial charge is 0.494 e. The van der Waals surface area contributed by atoms with E-state index >= 15 is 0 Å². The third-order valence-electron chi connectivity index (χ3n) is 5.22. The monoisotopic (exact) mass is 296 g/mol. The van der Waals surface area contributed by atoms with E-state index in [-0.39, 0.29) is 6.10 Å². The maximum atomic E-state index is 5.78. The van der Waals surface area contributed by atoms with Crippen molar-refractivity contribution in [2.75, 3.05) is 13.6 Å². The van der Waals surface area contributed by atoms with E-state index in [0.29, 0.717) is 6.04 Å². The van der Waals surface area contributed by atoms with Crippen LogP contribution in [0.5, 0.6) is 0 Å². The summed E-state index contributed by atoms with van der Waals surface area (Å²) in [7, 11) is 2.25. The molecule has 1 unspecified atom stereocenters. The summed E-state index contributed by atoms with van der Waals surface area (Å²) in [5.74, 6) is 0. The van der Waals surface area contributed by atoms with Crippen LogP contribution in [-0.4, -0.2) is 29.5 Å². The molecule has 0 amide bonds. The normalized spacial score (nSPS) is 25.7. The fourth-order valence-corrected chi connectivity index (χ4v) is 3.84. The predicted octanol–water partition coefficient (Wildman–Crippen LogP) is 4.17. The Hall–Kier alpha value is -1.74. The van der Waals surface area contributed by atoms with Crippen molar-refractivity contribution in [3.8, 4) is 0 Å². The van der Waals surface area contributed by atoms with Crippen molar-refractivity contribution in [1.29, 1.82) is 0 Å². The zero-order valence-electron chi connectivity index (χ0n) is 13.2. The minimum atomic E-state index is 0.214. The van der Waals surface area contributed by atoms with Crippen LogP contribution in [0.1, 0.15) is 42.9 Å². The Morgan fingerprint density at radius 1 is 1.32 bits per heavy atom. The quantitative estimate of drug-likeness (QED) is 0.920. The fourth-order valence-electron chi connectivity index (χ4n) is 3.84. The van der Waals surface area contributed by atoms with E-state index in [4.69, 9.17) is 4.74 Å². The molecule has 2 aromatic rings. The van der Waals surface area contributed by atoms with Crippen LogP contribution in [-0.2, 0) is 11.2 Å². The van der Waals surface area contributed by atoms with Gasteiger partial charge in [0, 0.05) is 23.1 Å². The maximum Gasteiger partial charge on any atom is 0.123 e. The molecule has 22 heavy (non-hydrogen) atoms. The predicted molar refractivity (Wildman–Crippen MR) is 89.9 cm³/mol. The number of rotatable bonds is 3. The lowest BCUT2D eigenvalue weighted by Gasteiger charge is -2.20. The Bertz CT molecular complexity index is 688. The highest BCUT2D eigenvalue weighted by Gasteiger charge is 2.22. The van der Waals surface area contributed by atoms with E-state index in [2.05, 4.69) is 47.4 Å². The lowest BCUT2D eigenvalue weighted by molar-refractivity contribution is 0.125. The van der Waals surface area contributed by atoms with Crippen molar-refractivity contribution in [3.05, 3.63) is 47.9 Å². The van der Waals surface area contributed by atoms with Crippen LogP contribution < -0.4 is 0 Å². The summed E-state index contributed by atoms with van der Waals surface area (Å²) in [6.45, 7) is 1.24. The molecule has 1 aromatic carbocycles. The van der Waals surface area contributed by atoms with Crippen molar-refractivity contribution in [2.45, 2.75) is 44.2 Å². The molecule has 0 aliphatic carbocycles. The van der Waals surface area contributed by atoms with Gasteiger partial charge < -0.3 is 14.6 Å². The first-order chi connectivity index (χ1) is 10.8. The highest BCUT2D eigenvalue weighted by molar-refractivity contribution is 5.84. The van der Waals surface area contributed by atoms with Crippen molar-refractivity contribution < 1.29 is 4.74 Å². The number of nitrogens with zero attached hydrogens (tertiary/aromatic N) is 1. The van der Waals surface area contributed by atoms with E-state index in [0.717, 1.165) is 19.3 Å². The Labute approximate surface area is 132 Å². The molecule has 2 aliphatic rings. The number of ether oxygens (including phenoxy) is 1. The smallest absolute Gasteiger partial charge is 0.123 e. The average Bonchev–Trinajstić information content (AvgIpc) is 3.15. The molecule has 0 radical (unpaired) electrons. The molecule has 3 nitrogen and oxygen atoms in total. The molecule has 1 N–H and O–H groups in total. The van der Waals surface area contributed by atoms with Crippen LogP contribution in [0.25, 0.3) is 10.9 Å². The molecule has 0 bridgehead atoms. The highest BCUT2D eigenvalue weighted by Crippen LogP contribution is 2.31. The number of nitrogens with one attached hydrogen (secondary N) is 1. The summed E-state index contributed by atoms with van der Waals surface area (Å²) in [6.07, 6.45) is 12.3. The lowest BCUT2D eigenvalue weighted by Crippen LogP contribution is -2.26. The van der Waals surface area contributed by atoms with Gasteiger partial charge in [0.2, 0.25) is 0 Å². The molecule has 0 spiro atoms.